The maximum Gasteiger partial charge on any atom is 0.337 e. The van der Waals surface area contributed by atoms with Crippen LogP contribution in [0.1, 0.15) is 29.6 Å². The average Bonchev–Trinajstić information content (AvgIpc) is 2.46. The van der Waals surface area contributed by atoms with Gasteiger partial charge in [0, 0.05) is 11.8 Å². The Morgan fingerprint density at radius 1 is 1.53 bits per heavy atom. The van der Waals surface area contributed by atoms with Gasteiger partial charge in [-0.1, -0.05) is 6.42 Å². The van der Waals surface area contributed by atoms with Gasteiger partial charge in [0.2, 0.25) is 0 Å². The molecule has 5 heteroatoms. The predicted molar refractivity (Wildman–Crippen MR) is 80.8 cm³/mol. The van der Waals surface area contributed by atoms with Crippen LogP contribution in [0, 0.1) is 0 Å². The van der Waals surface area contributed by atoms with Crippen LogP contribution < -0.4 is 11.1 Å². The Kier molecular flexibility index (Phi) is 4.96. The molecule has 0 saturated carbocycles. The van der Waals surface area contributed by atoms with Gasteiger partial charge in [0.05, 0.1) is 24.0 Å². The first kappa shape index (κ1) is 14.1. The number of carbonyl (C=O) groups excluding carboxylic acids is 1. The molecular weight excluding hydrogens is 260 g/mol. The quantitative estimate of drug-likeness (QED) is 0.656. The summed E-state index contributed by atoms with van der Waals surface area (Å²) in [7, 11) is 1.37. The maximum absolute atomic E-state index is 11.4. The molecule has 0 bridgehead atoms. The number of thioether (sulfide) groups is 1. The minimum absolute atomic E-state index is 0.360. The lowest BCUT2D eigenvalue weighted by Crippen LogP contribution is -2.20. The third-order valence-corrected chi connectivity index (χ3v) is 4.66. The van der Waals surface area contributed by atoms with Crippen LogP contribution in [0.2, 0.25) is 0 Å². The van der Waals surface area contributed by atoms with Crippen LogP contribution in [0.5, 0.6) is 0 Å². The molecular formula is C14H20N2O2S. The van der Waals surface area contributed by atoms with E-state index in [2.05, 4.69) is 10.1 Å². The molecule has 0 radical (unpaired) electrons. The Hall–Kier alpha value is -1.36. The molecule has 0 spiro atoms. The molecule has 0 amide bonds. The molecule has 104 valence electrons. The summed E-state index contributed by atoms with van der Waals surface area (Å²) in [6, 6.07) is 5.23. The lowest BCUT2D eigenvalue weighted by Gasteiger charge is -2.22. The van der Waals surface area contributed by atoms with Crippen molar-refractivity contribution in [2.75, 3.05) is 30.5 Å². The van der Waals surface area contributed by atoms with E-state index in [-0.39, 0.29) is 5.97 Å². The number of esters is 1. The van der Waals surface area contributed by atoms with Crippen LogP contribution in [0.15, 0.2) is 18.2 Å². The number of hydrogen-bond acceptors (Lipinski definition) is 5. The first-order valence-corrected chi connectivity index (χ1v) is 7.59. The van der Waals surface area contributed by atoms with Gasteiger partial charge < -0.3 is 15.8 Å². The summed E-state index contributed by atoms with van der Waals surface area (Å²) in [5.41, 5.74) is 7.91. The fraction of sp³-hybridized carbons (Fsp3) is 0.500. The molecule has 1 aliphatic heterocycles. The lowest BCUT2D eigenvalue weighted by atomic mass is 10.1. The zero-order valence-corrected chi connectivity index (χ0v) is 12.0. The number of anilines is 2. The summed E-state index contributed by atoms with van der Waals surface area (Å²) >= 11 is 2.02. The number of methoxy groups -OCH3 is 1. The normalized spacial score (nSPS) is 18.9. The van der Waals surface area contributed by atoms with Crippen LogP contribution in [-0.4, -0.2) is 30.6 Å². The Labute approximate surface area is 118 Å². The topological polar surface area (TPSA) is 64.3 Å². The van der Waals surface area contributed by atoms with Crippen LogP contribution in [0.3, 0.4) is 0 Å². The highest BCUT2D eigenvalue weighted by Gasteiger charge is 2.14. The van der Waals surface area contributed by atoms with E-state index in [1.165, 1.54) is 32.1 Å². The first-order valence-electron chi connectivity index (χ1n) is 6.54. The van der Waals surface area contributed by atoms with E-state index < -0.39 is 0 Å². The number of benzene rings is 1. The molecule has 1 unspecified atom stereocenters. The van der Waals surface area contributed by atoms with Crippen molar-refractivity contribution in [1.82, 2.24) is 0 Å². The van der Waals surface area contributed by atoms with Gasteiger partial charge in [-0.25, -0.2) is 4.79 Å². The molecule has 1 heterocycles. The first-order chi connectivity index (χ1) is 9.20. The van der Waals surface area contributed by atoms with Gasteiger partial charge in [-0.2, -0.15) is 11.8 Å². The minimum Gasteiger partial charge on any atom is -0.465 e. The smallest absolute Gasteiger partial charge is 0.337 e. The summed E-state index contributed by atoms with van der Waals surface area (Å²) in [6.45, 7) is 0.923. The summed E-state index contributed by atoms with van der Waals surface area (Å²) in [5.74, 6) is 0.893. The fourth-order valence-corrected chi connectivity index (χ4v) is 3.40. The van der Waals surface area contributed by atoms with Crippen LogP contribution >= 0.6 is 11.8 Å². The van der Waals surface area contributed by atoms with E-state index in [4.69, 9.17) is 5.73 Å². The maximum atomic E-state index is 11.4. The number of ether oxygens (including phenoxy) is 1. The summed E-state index contributed by atoms with van der Waals surface area (Å²) in [5, 5.41) is 4.03. The number of carbonyl (C=O) groups is 1. The number of nitrogens with two attached hydrogens (primary N) is 1. The Morgan fingerprint density at radius 3 is 3.00 bits per heavy atom. The van der Waals surface area contributed by atoms with Crippen molar-refractivity contribution in [2.24, 2.45) is 0 Å². The standard InChI is InChI=1S/C14H20N2O2S/c1-18-14(17)10-5-6-13(12(15)8-10)16-9-11-4-2-3-7-19-11/h5-6,8,11,16H,2-4,7,9,15H2,1H3. The second-order valence-corrected chi connectivity index (χ2v) is 6.07. The van der Waals surface area contributed by atoms with Crippen LogP contribution in [0.25, 0.3) is 0 Å². The van der Waals surface area contributed by atoms with Gasteiger partial charge in [-0.15, -0.1) is 0 Å². The third-order valence-electron chi connectivity index (χ3n) is 3.27. The molecule has 1 aromatic rings. The fourth-order valence-electron chi connectivity index (χ4n) is 2.16. The molecule has 1 fully saturated rings. The van der Waals surface area contributed by atoms with Crippen molar-refractivity contribution in [3.05, 3.63) is 23.8 Å². The van der Waals surface area contributed by atoms with Crippen LogP contribution in [0.4, 0.5) is 11.4 Å². The van der Waals surface area contributed by atoms with Gasteiger partial charge >= 0.3 is 5.97 Å². The van der Waals surface area contributed by atoms with E-state index >= 15 is 0 Å². The van der Waals surface area contributed by atoms with E-state index in [0.29, 0.717) is 16.5 Å². The molecule has 3 N–H and O–H groups in total. The number of rotatable bonds is 4. The zero-order chi connectivity index (χ0) is 13.7. The molecule has 1 saturated heterocycles. The van der Waals surface area contributed by atoms with Crippen molar-refractivity contribution in [2.45, 2.75) is 24.5 Å². The van der Waals surface area contributed by atoms with Crippen molar-refractivity contribution in [1.29, 1.82) is 0 Å². The predicted octanol–water partition coefficient (Wildman–Crippen LogP) is 2.75. The summed E-state index contributed by atoms with van der Waals surface area (Å²) in [4.78, 5) is 11.4. The van der Waals surface area contributed by atoms with Gasteiger partial charge in [-0.05, 0) is 36.8 Å². The Morgan fingerprint density at radius 2 is 2.37 bits per heavy atom. The molecule has 0 aliphatic carbocycles. The third kappa shape index (κ3) is 3.80. The highest BCUT2D eigenvalue weighted by Crippen LogP contribution is 2.26. The van der Waals surface area contributed by atoms with E-state index in [1.54, 1.807) is 12.1 Å². The molecule has 1 aromatic carbocycles. The highest BCUT2D eigenvalue weighted by molar-refractivity contribution is 7.99. The second kappa shape index (κ2) is 6.70. The van der Waals surface area contributed by atoms with Crippen molar-refractivity contribution >= 4 is 29.1 Å². The van der Waals surface area contributed by atoms with Gasteiger partial charge in [0.1, 0.15) is 0 Å². The molecule has 19 heavy (non-hydrogen) atoms. The number of nitrogen functional groups attached to an aromatic ring is 1. The number of nitrogens with one attached hydrogen (secondary N) is 1. The van der Waals surface area contributed by atoms with Gasteiger partial charge in [-0.3, -0.25) is 0 Å². The zero-order valence-electron chi connectivity index (χ0n) is 11.1. The molecule has 1 aliphatic rings. The Bertz CT molecular complexity index is 445. The van der Waals surface area contributed by atoms with E-state index in [9.17, 15) is 4.79 Å². The minimum atomic E-state index is -0.360. The summed E-state index contributed by atoms with van der Waals surface area (Å²) in [6.07, 6.45) is 3.91. The highest BCUT2D eigenvalue weighted by atomic mass is 32.2. The van der Waals surface area contributed by atoms with Gasteiger partial charge in [0.15, 0.2) is 0 Å². The average molecular weight is 280 g/mol. The van der Waals surface area contributed by atoms with E-state index in [1.807, 2.05) is 17.8 Å². The van der Waals surface area contributed by atoms with Gasteiger partial charge in [0.25, 0.3) is 0 Å². The van der Waals surface area contributed by atoms with Crippen molar-refractivity contribution < 1.29 is 9.53 Å². The monoisotopic (exact) mass is 280 g/mol. The molecule has 2 rings (SSSR count). The SMILES string of the molecule is COC(=O)c1ccc(NCC2CCCCS2)c(N)c1. The molecule has 0 aromatic heterocycles. The van der Waals surface area contributed by atoms with Crippen molar-refractivity contribution in [3.8, 4) is 0 Å². The molecule has 1 atom stereocenters. The van der Waals surface area contributed by atoms with Crippen LogP contribution in [-0.2, 0) is 4.74 Å². The summed E-state index contributed by atoms with van der Waals surface area (Å²) < 4.78 is 4.67. The second-order valence-electron chi connectivity index (χ2n) is 4.66. The number of hydrogen-bond donors (Lipinski definition) is 2. The molecule has 4 nitrogen and oxygen atoms in total. The lowest BCUT2D eigenvalue weighted by molar-refractivity contribution is 0.0601. The largest absolute Gasteiger partial charge is 0.465 e. The van der Waals surface area contributed by atoms with Crippen molar-refractivity contribution in [3.63, 3.8) is 0 Å². The van der Waals surface area contributed by atoms with E-state index in [0.717, 1.165) is 12.2 Å². The Balaban J connectivity index is 1.95.